The van der Waals surface area contributed by atoms with Crippen LogP contribution in [0.4, 0.5) is 0 Å². The number of hydrogen-bond donors (Lipinski definition) is 1. The third-order valence-corrected chi connectivity index (χ3v) is 3.21. The van der Waals surface area contributed by atoms with E-state index < -0.39 is 17.9 Å². The van der Waals surface area contributed by atoms with Gasteiger partial charge in [0.2, 0.25) is 17.7 Å². The highest BCUT2D eigenvalue weighted by Crippen LogP contribution is 2.17. The molecule has 1 N–H and O–H groups in total. The van der Waals surface area contributed by atoms with Gasteiger partial charge in [0.25, 0.3) is 0 Å². The topological polar surface area (TPSA) is 95.0 Å². The van der Waals surface area contributed by atoms with Gasteiger partial charge >= 0.3 is 5.97 Å². The van der Waals surface area contributed by atoms with Crippen LogP contribution in [-0.4, -0.2) is 51.3 Å². The van der Waals surface area contributed by atoms with Gasteiger partial charge in [-0.15, -0.1) is 0 Å². The van der Waals surface area contributed by atoms with E-state index in [1.807, 2.05) is 13.8 Å². The summed E-state index contributed by atoms with van der Waals surface area (Å²) >= 11 is 0. The Balaban J connectivity index is 2.91. The summed E-state index contributed by atoms with van der Waals surface area (Å²) in [6, 6.07) is -1.03. The number of rotatable bonds is 6. The van der Waals surface area contributed by atoms with Gasteiger partial charge in [-0.05, 0) is 12.3 Å². The van der Waals surface area contributed by atoms with Crippen LogP contribution in [0.5, 0.6) is 0 Å². The van der Waals surface area contributed by atoms with E-state index in [0.29, 0.717) is 0 Å². The zero-order valence-electron chi connectivity index (χ0n) is 12.0. The molecule has 0 aromatic heterocycles. The summed E-state index contributed by atoms with van der Waals surface area (Å²) in [5.74, 6) is -2.26. The Morgan fingerprint density at radius 1 is 1.25 bits per heavy atom. The van der Waals surface area contributed by atoms with E-state index in [4.69, 9.17) is 0 Å². The van der Waals surface area contributed by atoms with E-state index in [9.17, 15) is 24.3 Å². The Hall–Kier alpha value is -1.92. The highest BCUT2D eigenvalue weighted by atomic mass is 16.4. The number of carboxylic acid groups (broad SMARTS) is 1. The lowest BCUT2D eigenvalue weighted by Gasteiger charge is -2.31. The van der Waals surface area contributed by atoms with Crippen molar-refractivity contribution in [1.82, 2.24) is 9.80 Å². The number of aliphatic carboxylic acids is 1. The Bertz CT molecular complexity index is 416. The summed E-state index contributed by atoms with van der Waals surface area (Å²) in [5, 5.41) is 9.26. The predicted octanol–water partition coefficient (Wildman–Crippen LogP) is 0.441. The molecule has 0 radical (unpaired) electrons. The van der Waals surface area contributed by atoms with Crippen LogP contribution in [0.1, 0.15) is 40.0 Å². The van der Waals surface area contributed by atoms with Crippen molar-refractivity contribution in [2.75, 3.05) is 6.67 Å². The summed E-state index contributed by atoms with van der Waals surface area (Å²) in [4.78, 5) is 48.2. The Morgan fingerprint density at radius 3 is 2.10 bits per heavy atom. The second-order valence-corrected chi connectivity index (χ2v) is 5.33. The molecule has 0 aromatic carbocycles. The number of carbonyl (C=O) groups excluding carboxylic acids is 3. The molecule has 7 heteroatoms. The number of carbonyl (C=O) groups is 4. The van der Waals surface area contributed by atoms with Crippen molar-refractivity contribution in [2.24, 2.45) is 5.92 Å². The smallest absolute Gasteiger partial charge is 0.326 e. The first kappa shape index (κ1) is 16.1. The third kappa shape index (κ3) is 3.79. The zero-order chi connectivity index (χ0) is 15.4. The van der Waals surface area contributed by atoms with Crippen molar-refractivity contribution in [3.63, 3.8) is 0 Å². The Kier molecular flexibility index (Phi) is 5.24. The number of carboxylic acids is 1. The van der Waals surface area contributed by atoms with Crippen molar-refractivity contribution in [2.45, 2.75) is 46.1 Å². The van der Waals surface area contributed by atoms with Crippen molar-refractivity contribution in [1.29, 1.82) is 0 Å². The quantitative estimate of drug-likeness (QED) is 0.714. The standard InChI is InChI=1S/C13H20N2O5/c1-8(2)6-10(13(19)20)14(9(3)16)7-15-11(17)4-5-12(15)18/h8,10H,4-7H2,1-3H3,(H,19,20). The van der Waals surface area contributed by atoms with Gasteiger partial charge in [-0.2, -0.15) is 0 Å². The molecular weight excluding hydrogens is 264 g/mol. The SMILES string of the molecule is CC(=O)N(CN1C(=O)CCC1=O)C(CC(C)C)C(=O)O. The first-order chi connectivity index (χ1) is 9.23. The molecule has 1 fully saturated rings. The van der Waals surface area contributed by atoms with Gasteiger partial charge in [-0.3, -0.25) is 19.3 Å². The predicted molar refractivity (Wildman–Crippen MR) is 69.4 cm³/mol. The lowest BCUT2D eigenvalue weighted by Crippen LogP contribution is -2.51. The Morgan fingerprint density at radius 2 is 1.75 bits per heavy atom. The molecule has 112 valence electrons. The average Bonchev–Trinajstić information content (AvgIpc) is 2.63. The van der Waals surface area contributed by atoms with Crippen LogP contribution in [0.15, 0.2) is 0 Å². The second kappa shape index (κ2) is 6.49. The number of imide groups is 1. The lowest BCUT2D eigenvalue weighted by molar-refractivity contribution is -0.155. The van der Waals surface area contributed by atoms with Gasteiger partial charge in [0.15, 0.2) is 0 Å². The summed E-state index contributed by atoms with van der Waals surface area (Å²) in [6.07, 6.45) is 0.504. The minimum Gasteiger partial charge on any atom is -0.480 e. The van der Waals surface area contributed by atoms with Gasteiger partial charge in [0, 0.05) is 19.8 Å². The molecule has 1 saturated heterocycles. The largest absolute Gasteiger partial charge is 0.480 e. The summed E-state index contributed by atoms with van der Waals surface area (Å²) in [6.45, 7) is 4.65. The molecule has 1 aliphatic rings. The van der Waals surface area contributed by atoms with E-state index in [0.717, 1.165) is 9.80 Å². The minimum absolute atomic E-state index is 0.0722. The summed E-state index contributed by atoms with van der Waals surface area (Å²) < 4.78 is 0. The Labute approximate surface area is 117 Å². The number of likely N-dealkylation sites (tertiary alicyclic amines) is 1. The van der Waals surface area contributed by atoms with Gasteiger partial charge in [-0.1, -0.05) is 13.8 Å². The van der Waals surface area contributed by atoms with Crippen LogP contribution in [0, 0.1) is 5.92 Å². The van der Waals surface area contributed by atoms with Gasteiger partial charge < -0.3 is 10.0 Å². The molecule has 0 aromatic rings. The first-order valence-electron chi connectivity index (χ1n) is 6.57. The van der Waals surface area contributed by atoms with E-state index in [2.05, 4.69) is 0 Å². The van der Waals surface area contributed by atoms with Gasteiger partial charge in [0.1, 0.15) is 12.7 Å². The molecular formula is C13H20N2O5. The molecule has 3 amide bonds. The van der Waals surface area contributed by atoms with E-state index >= 15 is 0 Å². The minimum atomic E-state index is -1.13. The average molecular weight is 284 g/mol. The molecule has 1 rings (SSSR count). The van der Waals surface area contributed by atoms with Crippen LogP contribution >= 0.6 is 0 Å². The first-order valence-corrected chi connectivity index (χ1v) is 6.57. The van der Waals surface area contributed by atoms with Crippen LogP contribution in [0.3, 0.4) is 0 Å². The molecule has 0 bridgehead atoms. The maximum Gasteiger partial charge on any atom is 0.326 e. The van der Waals surface area contributed by atoms with Crippen molar-refractivity contribution >= 4 is 23.7 Å². The highest BCUT2D eigenvalue weighted by Gasteiger charge is 2.35. The second-order valence-electron chi connectivity index (χ2n) is 5.33. The lowest BCUT2D eigenvalue weighted by atomic mass is 10.0. The van der Waals surface area contributed by atoms with E-state index in [1.54, 1.807) is 0 Å². The molecule has 1 atom stereocenters. The van der Waals surface area contributed by atoms with Crippen LogP contribution in [-0.2, 0) is 19.2 Å². The van der Waals surface area contributed by atoms with Gasteiger partial charge in [-0.25, -0.2) is 4.79 Å². The number of hydrogen-bond acceptors (Lipinski definition) is 4. The third-order valence-electron chi connectivity index (χ3n) is 3.21. The maximum atomic E-state index is 11.7. The monoisotopic (exact) mass is 284 g/mol. The molecule has 7 nitrogen and oxygen atoms in total. The normalized spacial score (nSPS) is 16.7. The highest BCUT2D eigenvalue weighted by molar-refractivity contribution is 6.02. The van der Waals surface area contributed by atoms with Crippen molar-refractivity contribution in [3.05, 3.63) is 0 Å². The number of amides is 3. The molecule has 0 saturated carbocycles. The van der Waals surface area contributed by atoms with E-state index in [1.165, 1.54) is 6.92 Å². The van der Waals surface area contributed by atoms with Crippen molar-refractivity contribution in [3.8, 4) is 0 Å². The molecule has 20 heavy (non-hydrogen) atoms. The maximum absolute atomic E-state index is 11.7. The zero-order valence-corrected chi connectivity index (χ0v) is 12.0. The van der Waals surface area contributed by atoms with Gasteiger partial charge in [0.05, 0.1) is 0 Å². The number of nitrogens with zero attached hydrogens (tertiary/aromatic N) is 2. The van der Waals surface area contributed by atoms with Crippen LogP contribution in [0.25, 0.3) is 0 Å². The van der Waals surface area contributed by atoms with Crippen LogP contribution in [0.2, 0.25) is 0 Å². The molecule has 0 spiro atoms. The summed E-state index contributed by atoms with van der Waals surface area (Å²) in [7, 11) is 0. The van der Waals surface area contributed by atoms with E-state index in [-0.39, 0.29) is 43.7 Å². The molecule has 1 aliphatic heterocycles. The fraction of sp³-hybridized carbons (Fsp3) is 0.692. The molecule has 1 heterocycles. The fourth-order valence-electron chi connectivity index (χ4n) is 2.16. The van der Waals surface area contributed by atoms with Crippen molar-refractivity contribution < 1.29 is 24.3 Å². The van der Waals surface area contributed by atoms with Crippen LogP contribution < -0.4 is 0 Å². The fourth-order valence-corrected chi connectivity index (χ4v) is 2.16. The summed E-state index contributed by atoms with van der Waals surface area (Å²) in [5.41, 5.74) is 0. The molecule has 1 unspecified atom stereocenters. The molecule has 0 aliphatic carbocycles.